The molecule has 2 atom stereocenters. The van der Waals surface area contributed by atoms with Crippen LogP contribution in [0.1, 0.15) is 23.7 Å². The van der Waals surface area contributed by atoms with Gasteiger partial charge >= 0.3 is 0 Å². The number of rotatable bonds is 3. The first kappa shape index (κ1) is 17.5. The Hall–Kier alpha value is -2.32. The minimum Gasteiger partial charge on any atom is -0.486 e. The molecule has 136 valence electrons. The van der Waals surface area contributed by atoms with Gasteiger partial charge in [0.2, 0.25) is 5.91 Å². The molecule has 1 aromatic carbocycles. The number of fused-ring (bicyclic) bond motifs is 1. The fourth-order valence-electron chi connectivity index (χ4n) is 3.05. The average Bonchev–Trinajstić information content (AvgIpc) is 2.61. The van der Waals surface area contributed by atoms with Crippen LogP contribution in [0.5, 0.6) is 11.5 Å². The maximum absolute atomic E-state index is 12.8. The van der Waals surface area contributed by atoms with Crippen molar-refractivity contribution in [2.45, 2.75) is 25.0 Å². The molecule has 3 rings (SSSR count). The van der Waals surface area contributed by atoms with Crippen molar-refractivity contribution in [3.05, 3.63) is 23.8 Å². The van der Waals surface area contributed by atoms with Crippen molar-refractivity contribution in [1.82, 2.24) is 10.2 Å². The molecule has 8 heteroatoms. The molecule has 2 aliphatic heterocycles. The van der Waals surface area contributed by atoms with Crippen molar-refractivity contribution >= 4 is 11.8 Å². The fourth-order valence-corrected chi connectivity index (χ4v) is 3.05. The Morgan fingerprint density at radius 3 is 2.84 bits per heavy atom. The molecule has 2 aliphatic rings. The van der Waals surface area contributed by atoms with E-state index in [9.17, 15) is 19.8 Å². The van der Waals surface area contributed by atoms with Gasteiger partial charge in [-0.05, 0) is 18.6 Å². The van der Waals surface area contributed by atoms with Gasteiger partial charge in [0, 0.05) is 26.6 Å². The molecule has 0 radical (unpaired) electrons. The molecule has 0 aromatic heterocycles. The van der Waals surface area contributed by atoms with E-state index in [1.807, 2.05) is 0 Å². The molecule has 0 saturated carbocycles. The molecular weight excluding hydrogens is 328 g/mol. The van der Waals surface area contributed by atoms with Gasteiger partial charge in [0.05, 0.1) is 5.56 Å². The zero-order valence-electron chi connectivity index (χ0n) is 14.0. The van der Waals surface area contributed by atoms with Crippen LogP contribution in [0.2, 0.25) is 0 Å². The number of para-hydroxylation sites is 1. The summed E-state index contributed by atoms with van der Waals surface area (Å²) in [6.07, 6.45) is -0.999. The monoisotopic (exact) mass is 350 g/mol. The Kier molecular flexibility index (Phi) is 4.82. The number of likely N-dealkylation sites (tertiary alicyclic amines) is 1. The minimum absolute atomic E-state index is 0.0283. The summed E-state index contributed by atoms with van der Waals surface area (Å²) in [5, 5.41) is 23.3. The molecular formula is C17H22N2O6. The Morgan fingerprint density at radius 1 is 1.36 bits per heavy atom. The topological polar surface area (TPSA) is 108 Å². The number of β-amino-alcohol motifs (C(OH)–C–C–N with tert-alkyl or cyclic N) is 1. The summed E-state index contributed by atoms with van der Waals surface area (Å²) in [5.74, 6) is 0.360. The number of nitrogens with one attached hydrogen (secondary N) is 1. The molecule has 0 bridgehead atoms. The number of ether oxygens (including phenoxy) is 2. The van der Waals surface area contributed by atoms with E-state index in [1.165, 1.54) is 11.8 Å². The Labute approximate surface area is 145 Å². The van der Waals surface area contributed by atoms with Gasteiger partial charge in [-0.1, -0.05) is 6.07 Å². The molecule has 2 amide bonds. The van der Waals surface area contributed by atoms with Crippen LogP contribution in [0.3, 0.4) is 0 Å². The van der Waals surface area contributed by atoms with Gasteiger partial charge in [0.15, 0.2) is 11.5 Å². The van der Waals surface area contributed by atoms with E-state index in [0.29, 0.717) is 30.3 Å². The smallest absolute Gasteiger partial charge is 0.257 e. The summed E-state index contributed by atoms with van der Waals surface area (Å²) in [6.45, 7) is 2.33. The van der Waals surface area contributed by atoms with Crippen LogP contribution in [0.15, 0.2) is 18.2 Å². The SMILES string of the molecule is CC(=O)NC[C@]1(O)CCN(C(=O)c2cccc3c2OCCO3)C[C@H]1O. The van der Waals surface area contributed by atoms with Crippen LogP contribution < -0.4 is 14.8 Å². The highest BCUT2D eigenvalue weighted by molar-refractivity contribution is 5.98. The number of hydrogen-bond donors (Lipinski definition) is 3. The summed E-state index contributed by atoms with van der Waals surface area (Å²) >= 11 is 0. The van der Waals surface area contributed by atoms with Crippen molar-refractivity contribution in [2.24, 2.45) is 0 Å². The molecule has 0 spiro atoms. The number of benzene rings is 1. The molecule has 3 N–H and O–H groups in total. The van der Waals surface area contributed by atoms with Crippen LogP contribution >= 0.6 is 0 Å². The van der Waals surface area contributed by atoms with Gasteiger partial charge in [-0.2, -0.15) is 0 Å². The van der Waals surface area contributed by atoms with E-state index in [1.54, 1.807) is 18.2 Å². The van der Waals surface area contributed by atoms with Gasteiger partial charge in [0.25, 0.3) is 5.91 Å². The van der Waals surface area contributed by atoms with Crippen LogP contribution in [0.4, 0.5) is 0 Å². The largest absolute Gasteiger partial charge is 0.486 e. The zero-order valence-corrected chi connectivity index (χ0v) is 14.0. The van der Waals surface area contributed by atoms with Crippen LogP contribution in [-0.2, 0) is 4.79 Å². The van der Waals surface area contributed by atoms with E-state index in [0.717, 1.165) is 0 Å². The van der Waals surface area contributed by atoms with Crippen molar-refractivity contribution < 1.29 is 29.3 Å². The third-order valence-electron chi connectivity index (χ3n) is 4.56. The first-order valence-corrected chi connectivity index (χ1v) is 8.23. The number of nitrogens with zero attached hydrogens (tertiary/aromatic N) is 1. The molecule has 2 heterocycles. The van der Waals surface area contributed by atoms with Crippen molar-refractivity contribution in [2.75, 3.05) is 32.8 Å². The number of aliphatic hydroxyl groups is 2. The van der Waals surface area contributed by atoms with Gasteiger partial charge in [-0.15, -0.1) is 0 Å². The molecule has 1 saturated heterocycles. The second-order valence-electron chi connectivity index (χ2n) is 6.36. The summed E-state index contributed by atoms with van der Waals surface area (Å²) in [7, 11) is 0. The minimum atomic E-state index is -1.45. The first-order valence-electron chi connectivity index (χ1n) is 8.23. The lowest BCUT2D eigenvalue weighted by molar-refractivity contribution is -0.127. The number of piperidine rings is 1. The van der Waals surface area contributed by atoms with Crippen molar-refractivity contribution in [1.29, 1.82) is 0 Å². The third-order valence-corrected chi connectivity index (χ3v) is 4.56. The lowest BCUT2D eigenvalue weighted by Gasteiger charge is -2.42. The van der Waals surface area contributed by atoms with Crippen LogP contribution in [0.25, 0.3) is 0 Å². The van der Waals surface area contributed by atoms with Gasteiger partial charge < -0.3 is 29.9 Å². The van der Waals surface area contributed by atoms with E-state index in [-0.39, 0.29) is 37.9 Å². The highest BCUT2D eigenvalue weighted by Crippen LogP contribution is 2.35. The molecule has 0 aliphatic carbocycles. The predicted octanol–water partition coefficient (Wildman–Crippen LogP) is -0.468. The number of aliphatic hydroxyl groups excluding tert-OH is 1. The third kappa shape index (κ3) is 3.54. The summed E-state index contributed by atoms with van der Waals surface area (Å²) < 4.78 is 11.1. The Bertz CT molecular complexity index is 679. The van der Waals surface area contributed by atoms with Crippen LogP contribution in [0, 0.1) is 0 Å². The van der Waals surface area contributed by atoms with Crippen molar-refractivity contribution in [3.63, 3.8) is 0 Å². The highest BCUT2D eigenvalue weighted by atomic mass is 16.6. The number of amides is 2. The molecule has 1 fully saturated rings. The second kappa shape index (κ2) is 6.89. The molecule has 8 nitrogen and oxygen atoms in total. The molecule has 25 heavy (non-hydrogen) atoms. The Morgan fingerprint density at radius 2 is 2.12 bits per heavy atom. The van der Waals surface area contributed by atoms with E-state index in [2.05, 4.69) is 5.32 Å². The maximum Gasteiger partial charge on any atom is 0.257 e. The quantitative estimate of drug-likeness (QED) is 0.680. The Balaban J connectivity index is 1.72. The maximum atomic E-state index is 12.8. The normalized spacial score (nSPS) is 25.4. The number of hydrogen-bond acceptors (Lipinski definition) is 6. The van der Waals surface area contributed by atoms with E-state index < -0.39 is 11.7 Å². The first-order chi connectivity index (χ1) is 11.9. The summed E-state index contributed by atoms with van der Waals surface area (Å²) in [6, 6.07) is 5.11. The van der Waals surface area contributed by atoms with Gasteiger partial charge in [0.1, 0.15) is 24.9 Å². The van der Waals surface area contributed by atoms with Gasteiger partial charge in [-0.3, -0.25) is 9.59 Å². The lowest BCUT2D eigenvalue weighted by atomic mass is 9.88. The zero-order chi connectivity index (χ0) is 18.0. The van der Waals surface area contributed by atoms with Crippen molar-refractivity contribution in [3.8, 4) is 11.5 Å². The molecule has 0 unspecified atom stereocenters. The number of carbonyl (C=O) groups excluding carboxylic acids is 2. The summed E-state index contributed by atoms with van der Waals surface area (Å²) in [4.78, 5) is 25.3. The fraction of sp³-hybridized carbons (Fsp3) is 0.529. The van der Waals surface area contributed by atoms with Gasteiger partial charge in [-0.25, -0.2) is 0 Å². The predicted molar refractivity (Wildman–Crippen MR) is 87.6 cm³/mol. The molecule has 1 aromatic rings. The lowest BCUT2D eigenvalue weighted by Crippen LogP contribution is -2.61. The second-order valence-corrected chi connectivity index (χ2v) is 6.36. The average molecular weight is 350 g/mol. The standard InChI is InChI=1S/C17H22N2O6/c1-11(20)18-10-17(23)5-6-19(9-14(17)21)16(22)12-3-2-4-13-15(12)25-8-7-24-13/h2-4,14,21,23H,5-10H2,1H3,(H,18,20)/t14-,17-/m1/s1. The van der Waals surface area contributed by atoms with Crippen LogP contribution in [-0.4, -0.2) is 71.5 Å². The number of carbonyl (C=O) groups is 2. The van der Waals surface area contributed by atoms with E-state index in [4.69, 9.17) is 9.47 Å². The highest BCUT2D eigenvalue weighted by Gasteiger charge is 2.42. The van der Waals surface area contributed by atoms with E-state index >= 15 is 0 Å². The summed E-state index contributed by atoms with van der Waals surface area (Å²) in [5.41, 5.74) is -1.07.